The number of thiazole rings is 1. The summed E-state index contributed by atoms with van der Waals surface area (Å²) in [6, 6.07) is 3.71. The fourth-order valence-corrected chi connectivity index (χ4v) is 3.48. The van der Waals surface area contributed by atoms with Crippen LogP contribution in [0.25, 0.3) is 0 Å². The van der Waals surface area contributed by atoms with Crippen LogP contribution >= 0.6 is 11.3 Å². The summed E-state index contributed by atoms with van der Waals surface area (Å²) in [7, 11) is 0. The van der Waals surface area contributed by atoms with Gasteiger partial charge in [-0.05, 0) is 26.8 Å². The number of hydrogen-bond acceptors (Lipinski definition) is 5. The Labute approximate surface area is 144 Å². The number of carbonyl (C=O) groups excluding carboxylic acids is 1. The van der Waals surface area contributed by atoms with Crippen LogP contribution in [0.3, 0.4) is 0 Å². The number of fused-ring (bicyclic) bond motifs is 1. The van der Waals surface area contributed by atoms with E-state index in [0.717, 1.165) is 34.8 Å². The van der Waals surface area contributed by atoms with E-state index in [9.17, 15) is 9.59 Å². The SMILES string of the molecule is CCOc1cc2c(cc1NC(=O)Cn1c(C)csc1=O)OC(C)C2. The molecule has 7 heteroatoms. The predicted octanol–water partition coefficient (Wildman–Crippen LogP) is 2.58. The van der Waals surface area contributed by atoms with Gasteiger partial charge in [-0.2, -0.15) is 0 Å². The maximum atomic E-state index is 12.3. The molecule has 1 atom stereocenters. The molecule has 0 saturated carbocycles. The van der Waals surface area contributed by atoms with Gasteiger partial charge in [0.2, 0.25) is 5.91 Å². The van der Waals surface area contributed by atoms with Gasteiger partial charge < -0.3 is 14.8 Å². The van der Waals surface area contributed by atoms with Gasteiger partial charge in [-0.1, -0.05) is 11.3 Å². The molecule has 0 spiro atoms. The van der Waals surface area contributed by atoms with Crippen molar-refractivity contribution in [2.45, 2.75) is 39.8 Å². The minimum atomic E-state index is -0.273. The van der Waals surface area contributed by atoms with Crippen molar-refractivity contribution >= 4 is 22.9 Å². The second-order valence-electron chi connectivity index (χ2n) is 5.80. The van der Waals surface area contributed by atoms with Crippen LogP contribution in [0.15, 0.2) is 22.3 Å². The lowest BCUT2D eigenvalue weighted by atomic mass is 10.1. The van der Waals surface area contributed by atoms with Gasteiger partial charge >= 0.3 is 4.87 Å². The van der Waals surface area contributed by atoms with Crippen LogP contribution in [0.5, 0.6) is 11.5 Å². The number of carbonyl (C=O) groups is 1. The number of hydrogen-bond donors (Lipinski definition) is 1. The molecule has 0 aliphatic carbocycles. The zero-order valence-corrected chi connectivity index (χ0v) is 14.7. The van der Waals surface area contributed by atoms with Gasteiger partial charge in [0.05, 0.1) is 12.3 Å². The Hall–Kier alpha value is -2.28. The molecular weight excluding hydrogens is 328 g/mol. The lowest BCUT2D eigenvalue weighted by Gasteiger charge is -2.14. The van der Waals surface area contributed by atoms with Crippen LogP contribution in [0.2, 0.25) is 0 Å². The minimum Gasteiger partial charge on any atom is -0.492 e. The van der Waals surface area contributed by atoms with Gasteiger partial charge in [0, 0.05) is 29.1 Å². The first kappa shape index (κ1) is 16.6. The number of aryl methyl sites for hydroxylation is 1. The summed E-state index contributed by atoms with van der Waals surface area (Å²) >= 11 is 1.09. The maximum Gasteiger partial charge on any atom is 0.307 e. The van der Waals surface area contributed by atoms with Crippen molar-refractivity contribution in [1.82, 2.24) is 4.57 Å². The highest BCUT2D eigenvalue weighted by Crippen LogP contribution is 2.38. The molecule has 1 N–H and O–H groups in total. The average molecular weight is 348 g/mol. The van der Waals surface area contributed by atoms with Crippen molar-refractivity contribution in [2.24, 2.45) is 0 Å². The van der Waals surface area contributed by atoms with Crippen LogP contribution in [-0.2, 0) is 17.8 Å². The quantitative estimate of drug-likeness (QED) is 0.902. The first-order chi connectivity index (χ1) is 11.5. The Bertz CT molecular complexity index is 824. The standard InChI is InChI=1S/C17H20N2O4S/c1-4-22-15-6-12-5-11(3)23-14(12)7-13(15)18-16(20)8-19-10(2)9-24-17(19)21/h6-7,9,11H,4-5,8H2,1-3H3,(H,18,20). The molecule has 1 aromatic carbocycles. The Morgan fingerprint density at radius 1 is 1.50 bits per heavy atom. The third-order valence-electron chi connectivity index (χ3n) is 3.85. The van der Waals surface area contributed by atoms with Crippen LogP contribution in [-0.4, -0.2) is 23.2 Å². The summed E-state index contributed by atoms with van der Waals surface area (Å²) in [4.78, 5) is 23.9. The van der Waals surface area contributed by atoms with Crippen LogP contribution < -0.4 is 19.7 Å². The fraction of sp³-hybridized carbons (Fsp3) is 0.412. The normalized spacial score (nSPS) is 15.7. The summed E-state index contributed by atoms with van der Waals surface area (Å²) in [5.74, 6) is 1.12. The van der Waals surface area contributed by atoms with E-state index in [1.807, 2.05) is 19.9 Å². The lowest BCUT2D eigenvalue weighted by molar-refractivity contribution is -0.116. The highest BCUT2D eigenvalue weighted by molar-refractivity contribution is 7.07. The third-order valence-corrected chi connectivity index (χ3v) is 4.73. The van der Waals surface area contributed by atoms with E-state index in [0.29, 0.717) is 18.0 Å². The maximum absolute atomic E-state index is 12.3. The largest absolute Gasteiger partial charge is 0.492 e. The van der Waals surface area contributed by atoms with Crippen LogP contribution in [0, 0.1) is 6.92 Å². The molecule has 0 radical (unpaired) electrons. The van der Waals surface area contributed by atoms with Crippen LogP contribution in [0.1, 0.15) is 25.1 Å². The topological polar surface area (TPSA) is 69.6 Å². The smallest absolute Gasteiger partial charge is 0.307 e. The van der Waals surface area contributed by atoms with Crippen molar-refractivity contribution in [3.63, 3.8) is 0 Å². The molecule has 0 saturated heterocycles. The zero-order chi connectivity index (χ0) is 17.3. The molecule has 2 heterocycles. The summed E-state index contributed by atoms with van der Waals surface area (Å²) in [5.41, 5.74) is 2.42. The summed E-state index contributed by atoms with van der Waals surface area (Å²) in [6.45, 7) is 6.19. The van der Waals surface area contributed by atoms with Gasteiger partial charge in [0.25, 0.3) is 0 Å². The molecule has 128 valence electrons. The van der Waals surface area contributed by atoms with Gasteiger partial charge in [0.15, 0.2) is 0 Å². The summed E-state index contributed by atoms with van der Waals surface area (Å²) in [5, 5.41) is 4.58. The van der Waals surface area contributed by atoms with Gasteiger partial charge in [-0.25, -0.2) is 0 Å². The number of nitrogens with one attached hydrogen (secondary N) is 1. The Morgan fingerprint density at radius 2 is 2.29 bits per heavy atom. The fourth-order valence-electron chi connectivity index (χ4n) is 2.74. The number of benzene rings is 1. The number of ether oxygens (including phenoxy) is 2. The highest BCUT2D eigenvalue weighted by atomic mass is 32.1. The Balaban J connectivity index is 1.82. The summed E-state index contributed by atoms with van der Waals surface area (Å²) < 4.78 is 12.8. The van der Waals surface area contributed by atoms with Gasteiger partial charge in [0.1, 0.15) is 24.1 Å². The Morgan fingerprint density at radius 3 is 2.96 bits per heavy atom. The third kappa shape index (κ3) is 3.31. The number of nitrogens with zero attached hydrogens (tertiary/aromatic N) is 1. The van der Waals surface area contributed by atoms with Crippen molar-refractivity contribution in [3.8, 4) is 11.5 Å². The van der Waals surface area contributed by atoms with E-state index in [2.05, 4.69) is 5.32 Å². The molecule has 1 aliphatic rings. The van der Waals surface area contributed by atoms with Crippen molar-refractivity contribution in [3.05, 3.63) is 38.4 Å². The molecule has 3 rings (SSSR count). The molecule has 24 heavy (non-hydrogen) atoms. The Kier molecular flexibility index (Phi) is 4.62. The van der Waals surface area contributed by atoms with Crippen molar-refractivity contribution < 1.29 is 14.3 Å². The van der Waals surface area contributed by atoms with Crippen molar-refractivity contribution in [2.75, 3.05) is 11.9 Å². The van der Waals surface area contributed by atoms with E-state index in [1.54, 1.807) is 18.4 Å². The van der Waals surface area contributed by atoms with E-state index < -0.39 is 0 Å². The van der Waals surface area contributed by atoms with Gasteiger partial charge in [-0.15, -0.1) is 0 Å². The van der Waals surface area contributed by atoms with E-state index >= 15 is 0 Å². The van der Waals surface area contributed by atoms with Gasteiger partial charge in [-0.3, -0.25) is 14.2 Å². The summed E-state index contributed by atoms with van der Waals surface area (Å²) in [6.07, 6.45) is 0.945. The number of anilines is 1. The number of aromatic nitrogens is 1. The minimum absolute atomic E-state index is 0.0198. The number of rotatable bonds is 5. The van der Waals surface area contributed by atoms with E-state index in [4.69, 9.17) is 9.47 Å². The molecule has 1 aromatic heterocycles. The molecule has 1 aliphatic heterocycles. The molecule has 1 unspecified atom stereocenters. The van der Waals surface area contributed by atoms with E-state index in [1.165, 1.54) is 4.57 Å². The second kappa shape index (κ2) is 6.68. The molecule has 6 nitrogen and oxygen atoms in total. The average Bonchev–Trinajstić information content (AvgIpc) is 3.03. The second-order valence-corrected chi connectivity index (χ2v) is 6.62. The zero-order valence-electron chi connectivity index (χ0n) is 13.9. The van der Waals surface area contributed by atoms with Crippen LogP contribution in [0.4, 0.5) is 5.69 Å². The van der Waals surface area contributed by atoms with E-state index in [-0.39, 0.29) is 23.4 Å². The highest BCUT2D eigenvalue weighted by Gasteiger charge is 2.22. The molecular formula is C17H20N2O4S. The molecule has 1 amide bonds. The molecule has 2 aromatic rings. The number of amides is 1. The predicted molar refractivity (Wildman–Crippen MR) is 93.4 cm³/mol. The lowest BCUT2D eigenvalue weighted by Crippen LogP contribution is -2.25. The molecule has 0 bridgehead atoms. The molecule has 0 fully saturated rings. The first-order valence-electron chi connectivity index (χ1n) is 7.89. The first-order valence-corrected chi connectivity index (χ1v) is 8.77. The monoisotopic (exact) mass is 348 g/mol. The van der Waals surface area contributed by atoms with Crippen molar-refractivity contribution in [1.29, 1.82) is 0 Å².